The van der Waals surface area contributed by atoms with Gasteiger partial charge in [-0.3, -0.25) is 0 Å². The Kier molecular flexibility index (Phi) is 4.03. The molecule has 4 heteroatoms. The highest BCUT2D eigenvalue weighted by molar-refractivity contribution is 6.33. The Balaban J connectivity index is 2.13. The summed E-state index contributed by atoms with van der Waals surface area (Å²) in [5, 5.41) is 12.4. The minimum absolute atomic E-state index is 0.314. The number of nitriles is 1. The lowest BCUT2D eigenvalue weighted by atomic mass is 10.1. The Bertz CT molecular complexity index is 647. The second kappa shape index (κ2) is 5.73. The highest BCUT2D eigenvalue weighted by Crippen LogP contribution is 2.23. The molecule has 0 bridgehead atoms. The predicted molar refractivity (Wildman–Crippen MR) is 74.6 cm³/mol. The highest BCUT2D eigenvalue weighted by Gasteiger charge is 2.05. The minimum Gasteiger partial charge on any atom is -0.380 e. The zero-order valence-corrected chi connectivity index (χ0v) is 11.1. The molecule has 0 amide bonds. The molecule has 19 heavy (non-hydrogen) atoms. The fourth-order valence-electron chi connectivity index (χ4n) is 1.71. The highest BCUT2D eigenvalue weighted by atomic mass is 35.5. The first-order valence-corrected chi connectivity index (χ1v) is 6.16. The molecule has 2 rings (SSSR count). The molecule has 0 fully saturated rings. The number of aryl methyl sites for hydroxylation is 1. The average molecular weight is 275 g/mol. The number of benzene rings is 2. The van der Waals surface area contributed by atoms with Crippen molar-refractivity contribution in [1.82, 2.24) is 0 Å². The van der Waals surface area contributed by atoms with Crippen LogP contribution in [-0.2, 0) is 6.54 Å². The molecule has 0 spiro atoms. The Morgan fingerprint density at radius 3 is 2.68 bits per heavy atom. The van der Waals surface area contributed by atoms with Crippen LogP contribution in [0.3, 0.4) is 0 Å². The zero-order valence-electron chi connectivity index (χ0n) is 10.4. The minimum atomic E-state index is -0.394. The second-order valence-corrected chi connectivity index (χ2v) is 4.66. The molecule has 2 nitrogen and oxygen atoms in total. The quantitative estimate of drug-likeness (QED) is 0.907. The van der Waals surface area contributed by atoms with E-state index in [1.807, 2.05) is 31.2 Å². The van der Waals surface area contributed by atoms with Crippen molar-refractivity contribution < 1.29 is 4.39 Å². The van der Waals surface area contributed by atoms with Crippen LogP contribution in [0.2, 0.25) is 5.02 Å². The number of hydrogen-bond acceptors (Lipinski definition) is 2. The standard InChI is InChI=1S/C15H12ClFN2/c1-10-2-5-15(13(16)6-10)19-9-12-4-3-11(8-18)7-14(12)17/h2-7,19H,9H2,1H3. The Labute approximate surface area is 116 Å². The van der Waals surface area contributed by atoms with Crippen molar-refractivity contribution in [1.29, 1.82) is 5.26 Å². The molecule has 0 unspecified atom stereocenters. The number of nitrogens with one attached hydrogen (secondary N) is 1. The van der Waals surface area contributed by atoms with Crippen LogP contribution in [0.1, 0.15) is 16.7 Å². The summed E-state index contributed by atoms with van der Waals surface area (Å²) in [4.78, 5) is 0. The van der Waals surface area contributed by atoms with Crippen LogP contribution in [-0.4, -0.2) is 0 Å². The van der Waals surface area contributed by atoms with Crippen LogP contribution in [0, 0.1) is 24.1 Å². The van der Waals surface area contributed by atoms with Gasteiger partial charge in [0.15, 0.2) is 0 Å². The third kappa shape index (κ3) is 3.24. The number of hydrogen-bond donors (Lipinski definition) is 1. The predicted octanol–water partition coefficient (Wildman–Crippen LogP) is 4.27. The molecule has 0 heterocycles. The van der Waals surface area contributed by atoms with Gasteiger partial charge in [-0.25, -0.2) is 4.39 Å². The monoisotopic (exact) mass is 274 g/mol. The molecule has 0 aliphatic heterocycles. The van der Waals surface area contributed by atoms with Crippen molar-refractivity contribution in [2.24, 2.45) is 0 Å². The summed E-state index contributed by atoms with van der Waals surface area (Å²) in [6.07, 6.45) is 0. The maximum atomic E-state index is 13.7. The zero-order chi connectivity index (χ0) is 13.8. The summed E-state index contributed by atoms with van der Waals surface area (Å²) >= 11 is 6.08. The SMILES string of the molecule is Cc1ccc(NCc2ccc(C#N)cc2F)c(Cl)c1. The summed E-state index contributed by atoms with van der Waals surface area (Å²) < 4.78 is 13.7. The van der Waals surface area contributed by atoms with E-state index in [1.54, 1.807) is 12.1 Å². The molecule has 0 radical (unpaired) electrons. The van der Waals surface area contributed by atoms with Gasteiger partial charge in [0.1, 0.15) is 5.82 Å². The van der Waals surface area contributed by atoms with E-state index in [0.717, 1.165) is 11.3 Å². The maximum Gasteiger partial charge on any atom is 0.129 e. The van der Waals surface area contributed by atoms with Crippen molar-refractivity contribution >= 4 is 17.3 Å². The molecule has 0 aromatic heterocycles. The fraction of sp³-hybridized carbons (Fsp3) is 0.133. The van der Waals surface area contributed by atoms with Crippen molar-refractivity contribution in [3.8, 4) is 6.07 Å². The van der Waals surface area contributed by atoms with E-state index >= 15 is 0 Å². The van der Waals surface area contributed by atoms with E-state index in [0.29, 0.717) is 22.7 Å². The Morgan fingerprint density at radius 2 is 2.05 bits per heavy atom. The van der Waals surface area contributed by atoms with Crippen LogP contribution < -0.4 is 5.32 Å². The normalized spacial score (nSPS) is 10.0. The van der Waals surface area contributed by atoms with E-state index in [9.17, 15) is 4.39 Å². The summed E-state index contributed by atoms with van der Waals surface area (Å²) in [6, 6.07) is 12.0. The number of anilines is 1. The van der Waals surface area contributed by atoms with Gasteiger partial charge in [0.25, 0.3) is 0 Å². The van der Waals surface area contributed by atoms with Crippen LogP contribution in [0.5, 0.6) is 0 Å². The van der Waals surface area contributed by atoms with Crippen molar-refractivity contribution in [3.63, 3.8) is 0 Å². The van der Waals surface area contributed by atoms with Gasteiger partial charge in [-0.2, -0.15) is 5.26 Å². The van der Waals surface area contributed by atoms with Gasteiger partial charge in [0.05, 0.1) is 22.3 Å². The number of nitrogens with zero attached hydrogens (tertiary/aromatic N) is 1. The lowest BCUT2D eigenvalue weighted by Gasteiger charge is -2.10. The molecule has 0 saturated carbocycles. The maximum absolute atomic E-state index is 13.7. The Morgan fingerprint density at radius 1 is 1.26 bits per heavy atom. The van der Waals surface area contributed by atoms with E-state index in [4.69, 9.17) is 16.9 Å². The van der Waals surface area contributed by atoms with Gasteiger partial charge in [-0.05, 0) is 36.8 Å². The summed E-state index contributed by atoms with van der Waals surface area (Å²) in [7, 11) is 0. The van der Waals surface area contributed by atoms with Crippen molar-refractivity contribution in [2.45, 2.75) is 13.5 Å². The van der Waals surface area contributed by atoms with Crippen molar-refractivity contribution in [2.75, 3.05) is 5.32 Å². The second-order valence-electron chi connectivity index (χ2n) is 4.25. The molecule has 2 aromatic carbocycles. The van der Waals surface area contributed by atoms with Gasteiger partial charge in [-0.15, -0.1) is 0 Å². The van der Waals surface area contributed by atoms with Crippen LogP contribution in [0.15, 0.2) is 36.4 Å². The van der Waals surface area contributed by atoms with E-state index in [1.165, 1.54) is 6.07 Å². The summed E-state index contributed by atoms with van der Waals surface area (Å²) in [5.41, 5.74) is 2.64. The molecule has 1 N–H and O–H groups in total. The lowest BCUT2D eigenvalue weighted by molar-refractivity contribution is 0.612. The van der Waals surface area contributed by atoms with Crippen LogP contribution >= 0.6 is 11.6 Å². The van der Waals surface area contributed by atoms with Gasteiger partial charge < -0.3 is 5.32 Å². The van der Waals surface area contributed by atoms with Crippen LogP contribution in [0.4, 0.5) is 10.1 Å². The van der Waals surface area contributed by atoms with E-state index < -0.39 is 5.82 Å². The van der Waals surface area contributed by atoms with Gasteiger partial charge in [0.2, 0.25) is 0 Å². The molecule has 0 aliphatic rings. The van der Waals surface area contributed by atoms with E-state index in [-0.39, 0.29) is 0 Å². The molecular weight excluding hydrogens is 263 g/mol. The first-order chi connectivity index (χ1) is 9.10. The van der Waals surface area contributed by atoms with Gasteiger partial charge >= 0.3 is 0 Å². The van der Waals surface area contributed by atoms with Crippen molar-refractivity contribution in [3.05, 3.63) is 63.9 Å². The average Bonchev–Trinajstić information content (AvgIpc) is 2.39. The molecule has 0 saturated heterocycles. The molecule has 0 aliphatic carbocycles. The number of rotatable bonds is 3. The van der Waals surface area contributed by atoms with Gasteiger partial charge in [0, 0.05) is 12.1 Å². The van der Waals surface area contributed by atoms with E-state index in [2.05, 4.69) is 5.32 Å². The number of halogens is 2. The fourth-order valence-corrected chi connectivity index (χ4v) is 2.02. The molecule has 96 valence electrons. The van der Waals surface area contributed by atoms with Gasteiger partial charge in [-0.1, -0.05) is 23.7 Å². The topological polar surface area (TPSA) is 35.8 Å². The molecule has 2 aromatic rings. The Hall–Kier alpha value is -2.05. The third-order valence-corrected chi connectivity index (χ3v) is 3.09. The summed E-state index contributed by atoms with van der Waals surface area (Å²) in [6.45, 7) is 2.27. The first kappa shape index (κ1) is 13.4. The third-order valence-electron chi connectivity index (χ3n) is 2.78. The molecule has 0 atom stereocenters. The summed E-state index contributed by atoms with van der Waals surface area (Å²) in [5.74, 6) is -0.394. The first-order valence-electron chi connectivity index (χ1n) is 5.78. The lowest BCUT2D eigenvalue weighted by Crippen LogP contribution is -2.02. The largest absolute Gasteiger partial charge is 0.380 e. The smallest absolute Gasteiger partial charge is 0.129 e. The molecular formula is C15H12ClFN2. The van der Waals surface area contributed by atoms with Crippen LogP contribution in [0.25, 0.3) is 0 Å².